The topological polar surface area (TPSA) is 12.9 Å². The van der Waals surface area contributed by atoms with Gasteiger partial charge in [0.2, 0.25) is 0 Å². The number of pyridine rings is 1. The third-order valence-electron chi connectivity index (χ3n) is 1.23. The third kappa shape index (κ3) is 1.70. The van der Waals surface area contributed by atoms with Gasteiger partial charge in [-0.05, 0) is 18.6 Å². The molecular weight excluding hydrogens is 213 g/mol. The molecule has 0 fully saturated rings. The predicted octanol–water partition coefficient (Wildman–Crippen LogP) is 2.94. The molecule has 0 aliphatic carbocycles. The highest BCUT2D eigenvalue weighted by molar-refractivity contribution is 9.08. The fraction of sp³-hybridized carbons (Fsp3) is 0.286. The standard InChI is InChI=1S/C7H7BrClN/c1-5-2-3-6(4-8)10-7(5)9/h2-3H,4H2,1H3. The number of aryl methyl sites for hydroxylation is 1. The fourth-order valence-electron chi connectivity index (χ4n) is 0.616. The van der Waals surface area contributed by atoms with E-state index in [1.54, 1.807) is 0 Å². The summed E-state index contributed by atoms with van der Waals surface area (Å²) in [4.78, 5) is 4.11. The van der Waals surface area contributed by atoms with E-state index in [9.17, 15) is 0 Å². The number of hydrogen-bond acceptors (Lipinski definition) is 1. The predicted molar refractivity (Wildman–Crippen MR) is 46.6 cm³/mol. The average Bonchev–Trinajstić information content (AvgIpc) is 1.95. The van der Waals surface area contributed by atoms with Gasteiger partial charge in [-0.15, -0.1) is 0 Å². The van der Waals surface area contributed by atoms with Gasteiger partial charge in [-0.25, -0.2) is 4.98 Å². The molecule has 10 heavy (non-hydrogen) atoms. The lowest BCUT2D eigenvalue weighted by Crippen LogP contribution is -1.86. The van der Waals surface area contributed by atoms with E-state index in [2.05, 4.69) is 20.9 Å². The first-order chi connectivity index (χ1) is 4.74. The molecular formula is C7H7BrClN. The molecule has 1 heterocycles. The van der Waals surface area contributed by atoms with E-state index in [1.807, 2.05) is 19.1 Å². The number of aromatic nitrogens is 1. The van der Waals surface area contributed by atoms with Crippen LogP contribution in [0.1, 0.15) is 11.3 Å². The van der Waals surface area contributed by atoms with Crippen molar-refractivity contribution in [2.24, 2.45) is 0 Å². The highest BCUT2D eigenvalue weighted by Crippen LogP contribution is 2.13. The summed E-state index contributed by atoms with van der Waals surface area (Å²) in [6.45, 7) is 1.94. The number of alkyl halides is 1. The van der Waals surface area contributed by atoms with E-state index >= 15 is 0 Å². The minimum absolute atomic E-state index is 0.594. The van der Waals surface area contributed by atoms with Gasteiger partial charge in [-0.2, -0.15) is 0 Å². The molecule has 0 saturated carbocycles. The first-order valence-electron chi connectivity index (χ1n) is 2.92. The molecule has 0 bridgehead atoms. The van der Waals surface area contributed by atoms with E-state index < -0.39 is 0 Å². The smallest absolute Gasteiger partial charge is 0.132 e. The van der Waals surface area contributed by atoms with Crippen LogP contribution in [-0.4, -0.2) is 4.98 Å². The Morgan fingerprint density at radius 2 is 2.30 bits per heavy atom. The molecule has 0 atom stereocenters. The summed E-state index contributed by atoms with van der Waals surface area (Å²) in [6, 6.07) is 3.92. The highest BCUT2D eigenvalue weighted by atomic mass is 79.9. The second-order valence-corrected chi connectivity index (χ2v) is 2.96. The quantitative estimate of drug-likeness (QED) is 0.524. The number of nitrogens with zero attached hydrogens (tertiary/aromatic N) is 1. The monoisotopic (exact) mass is 219 g/mol. The van der Waals surface area contributed by atoms with Crippen LogP contribution in [0.25, 0.3) is 0 Å². The normalized spacial score (nSPS) is 9.90. The van der Waals surface area contributed by atoms with Crippen LogP contribution in [0, 0.1) is 6.92 Å². The number of halogens is 2. The van der Waals surface area contributed by atoms with Gasteiger partial charge in [0.1, 0.15) is 5.15 Å². The lowest BCUT2D eigenvalue weighted by molar-refractivity contribution is 1.16. The lowest BCUT2D eigenvalue weighted by Gasteiger charge is -1.97. The average molecular weight is 220 g/mol. The van der Waals surface area contributed by atoms with E-state index in [0.29, 0.717) is 5.15 Å². The fourth-order valence-corrected chi connectivity index (χ4v) is 1.10. The Bertz CT molecular complexity index is 237. The summed E-state index contributed by atoms with van der Waals surface area (Å²) >= 11 is 9.06. The molecule has 0 aliphatic rings. The van der Waals surface area contributed by atoms with Crippen LogP contribution in [0.15, 0.2) is 12.1 Å². The van der Waals surface area contributed by atoms with Crippen LogP contribution in [0.3, 0.4) is 0 Å². The molecule has 0 amide bonds. The lowest BCUT2D eigenvalue weighted by atomic mass is 10.3. The molecule has 1 aromatic heterocycles. The molecule has 1 aromatic rings. The maximum atomic E-state index is 5.76. The summed E-state index contributed by atoms with van der Waals surface area (Å²) in [5, 5.41) is 1.35. The molecule has 54 valence electrons. The van der Waals surface area contributed by atoms with Gasteiger partial charge in [0, 0.05) is 5.33 Å². The van der Waals surface area contributed by atoms with Crippen molar-refractivity contribution in [1.82, 2.24) is 4.98 Å². The van der Waals surface area contributed by atoms with Crippen LogP contribution in [0.2, 0.25) is 5.15 Å². The number of rotatable bonds is 1. The van der Waals surface area contributed by atoms with Crippen molar-refractivity contribution in [2.45, 2.75) is 12.3 Å². The van der Waals surface area contributed by atoms with Crippen LogP contribution < -0.4 is 0 Å². The molecule has 0 aliphatic heterocycles. The molecule has 0 saturated heterocycles. The molecule has 1 nitrogen and oxygen atoms in total. The van der Waals surface area contributed by atoms with Gasteiger partial charge in [-0.1, -0.05) is 33.6 Å². The van der Waals surface area contributed by atoms with Gasteiger partial charge in [0.05, 0.1) is 5.69 Å². The molecule has 0 aromatic carbocycles. The summed E-state index contributed by atoms with van der Waals surface area (Å²) < 4.78 is 0. The minimum atomic E-state index is 0.594. The van der Waals surface area contributed by atoms with Gasteiger partial charge in [0.25, 0.3) is 0 Å². The maximum absolute atomic E-state index is 5.76. The zero-order valence-corrected chi connectivity index (χ0v) is 7.91. The third-order valence-corrected chi connectivity index (χ3v) is 2.19. The maximum Gasteiger partial charge on any atom is 0.132 e. The first-order valence-corrected chi connectivity index (χ1v) is 4.42. The van der Waals surface area contributed by atoms with E-state index in [4.69, 9.17) is 11.6 Å². The zero-order valence-electron chi connectivity index (χ0n) is 5.56. The van der Waals surface area contributed by atoms with E-state index in [0.717, 1.165) is 16.6 Å². The molecule has 0 N–H and O–H groups in total. The Hall–Kier alpha value is -0.0800. The zero-order chi connectivity index (χ0) is 7.56. The van der Waals surface area contributed by atoms with Crippen molar-refractivity contribution in [3.63, 3.8) is 0 Å². The summed E-state index contributed by atoms with van der Waals surface area (Å²) in [5.74, 6) is 0. The molecule has 0 radical (unpaired) electrons. The van der Waals surface area contributed by atoms with Crippen LogP contribution in [0.5, 0.6) is 0 Å². The van der Waals surface area contributed by atoms with Crippen molar-refractivity contribution in [2.75, 3.05) is 0 Å². The van der Waals surface area contributed by atoms with Crippen LogP contribution in [0.4, 0.5) is 0 Å². The van der Waals surface area contributed by atoms with Crippen LogP contribution >= 0.6 is 27.5 Å². The second kappa shape index (κ2) is 3.35. The van der Waals surface area contributed by atoms with Gasteiger partial charge < -0.3 is 0 Å². The first kappa shape index (κ1) is 8.02. The van der Waals surface area contributed by atoms with Crippen LogP contribution in [-0.2, 0) is 5.33 Å². The Balaban J connectivity index is 3.04. The highest BCUT2D eigenvalue weighted by Gasteiger charge is 1.96. The molecule has 3 heteroatoms. The molecule has 0 spiro atoms. The van der Waals surface area contributed by atoms with E-state index in [-0.39, 0.29) is 0 Å². The summed E-state index contributed by atoms with van der Waals surface area (Å²) in [6.07, 6.45) is 0. The Kier molecular flexibility index (Phi) is 2.69. The summed E-state index contributed by atoms with van der Waals surface area (Å²) in [5.41, 5.74) is 1.99. The summed E-state index contributed by atoms with van der Waals surface area (Å²) in [7, 11) is 0. The van der Waals surface area contributed by atoms with Crippen molar-refractivity contribution in [3.05, 3.63) is 28.5 Å². The van der Waals surface area contributed by atoms with Crippen molar-refractivity contribution in [3.8, 4) is 0 Å². The Morgan fingerprint density at radius 1 is 1.60 bits per heavy atom. The molecule has 0 unspecified atom stereocenters. The largest absolute Gasteiger partial charge is 0.240 e. The minimum Gasteiger partial charge on any atom is -0.240 e. The number of hydrogen-bond donors (Lipinski definition) is 0. The van der Waals surface area contributed by atoms with Gasteiger partial charge in [0.15, 0.2) is 0 Å². The van der Waals surface area contributed by atoms with Crippen molar-refractivity contribution < 1.29 is 0 Å². The second-order valence-electron chi connectivity index (χ2n) is 2.04. The van der Waals surface area contributed by atoms with Gasteiger partial charge >= 0.3 is 0 Å². The van der Waals surface area contributed by atoms with Gasteiger partial charge in [-0.3, -0.25) is 0 Å². The Morgan fingerprint density at radius 3 is 2.80 bits per heavy atom. The Labute approximate surface area is 73.6 Å². The van der Waals surface area contributed by atoms with Crippen molar-refractivity contribution >= 4 is 27.5 Å². The SMILES string of the molecule is Cc1ccc(CBr)nc1Cl. The van der Waals surface area contributed by atoms with Crippen molar-refractivity contribution in [1.29, 1.82) is 0 Å². The molecule has 1 rings (SSSR count). The van der Waals surface area contributed by atoms with E-state index in [1.165, 1.54) is 0 Å².